The van der Waals surface area contributed by atoms with Crippen LogP contribution in [0.3, 0.4) is 0 Å². The second-order valence-corrected chi connectivity index (χ2v) is 4.87. The SMILES string of the molecule is [CH]=CC=CC=C1Sc2ccccc2N1CCC. The highest BCUT2D eigenvalue weighted by molar-refractivity contribution is 8.03. The number of para-hydroxylation sites is 1. The average molecular weight is 242 g/mol. The van der Waals surface area contributed by atoms with Crippen LogP contribution in [0.4, 0.5) is 5.69 Å². The van der Waals surface area contributed by atoms with Crippen molar-refractivity contribution in [1.29, 1.82) is 0 Å². The van der Waals surface area contributed by atoms with Crippen molar-refractivity contribution in [1.82, 2.24) is 0 Å². The van der Waals surface area contributed by atoms with E-state index in [1.807, 2.05) is 23.9 Å². The summed E-state index contributed by atoms with van der Waals surface area (Å²) in [6, 6.07) is 8.52. The first kappa shape index (κ1) is 12.1. The van der Waals surface area contributed by atoms with Gasteiger partial charge < -0.3 is 4.90 Å². The molecule has 0 amide bonds. The summed E-state index contributed by atoms with van der Waals surface area (Å²) in [4.78, 5) is 3.69. The molecule has 1 aliphatic heterocycles. The molecule has 0 aliphatic carbocycles. The molecule has 0 spiro atoms. The monoisotopic (exact) mass is 242 g/mol. The lowest BCUT2D eigenvalue weighted by molar-refractivity contribution is 0.873. The second kappa shape index (κ2) is 5.78. The number of hydrogen-bond acceptors (Lipinski definition) is 2. The summed E-state index contributed by atoms with van der Waals surface area (Å²) in [5.74, 6) is 0. The molecule has 17 heavy (non-hydrogen) atoms. The molecule has 87 valence electrons. The van der Waals surface area contributed by atoms with E-state index in [0.29, 0.717) is 0 Å². The molecule has 0 atom stereocenters. The number of nitrogens with zero attached hydrogens (tertiary/aromatic N) is 1. The van der Waals surface area contributed by atoms with Crippen LogP contribution >= 0.6 is 11.8 Å². The standard InChI is InChI=1S/C15H16NS/c1-3-5-6-11-15-16(12-4-2)13-9-7-8-10-14(13)17-15/h1,3,5-11H,4,12H2,2H3. The maximum Gasteiger partial charge on any atom is 0.0801 e. The van der Waals surface area contributed by atoms with Crippen LogP contribution in [0.25, 0.3) is 0 Å². The van der Waals surface area contributed by atoms with Gasteiger partial charge in [-0.1, -0.05) is 55.6 Å². The van der Waals surface area contributed by atoms with E-state index in [9.17, 15) is 0 Å². The van der Waals surface area contributed by atoms with E-state index in [4.69, 9.17) is 6.58 Å². The van der Waals surface area contributed by atoms with Crippen molar-refractivity contribution in [2.45, 2.75) is 18.2 Å². The Labute approximate surface area is 108 Å². The number of rotatable bonds is 4. The van der Waals surface area contributed by atoms with Gasteiger partial charge in [-0.05, 0) is 24.6 Å². The fourth-order valence-corrected chi connectivity index (χ4v) is 2.93. The van der Waals surface area contributed by atoms with Gasteiger partial charge in [-0.3, -0.25) is 0 Å². The molecule has 0 fully saturated rings. The Hall–Kier alpha value is -1.41. The normalized spacial score (nSPS) is 16.8. The minimum Gasteiger partial charge on any atom is -0.335 e. The van der Waals surface area contributed by atoms with E-state index in [-0.39, 0.29) is 0 Å². The molecule has 0 N–H and O–H groups in total. The highest BCUT2D eigenvalue weighted by atomic mass is 32.2. The van der Waals surface area contributed by atoms with Crippen LogP contribution in [0.1, 0.15) is 13.3 Å². The average Bonchev–Trinajstić information content (AvgIpc) is 2.69. The summed E-state index contributed by atoms with van der Waals surface area (Å²) in [7, 11) is 0. The summed E-state index contributed by atoms with van der Waals surface area (Å²) in [6.07, 6.45) is 8.63. The van der Waals surface area contributed by atoms with Crippen molar-refractivity contribution in [3.8, 4) is 0 Å². The lowest BCUT2D eigenvalue weighted by atomic mass is 10.3. The predicted molar refractivity (Wildman–Crippen MR) is 76.0 cm³/mol. The van der Waals surface area contributed by atoms with Crippen LogP contribution in [0, 0.1) is 6.58 Å². The maximum absolute atomic E-state index is 5.33. The fourth-order valence-electron chi connectivity index (χ4n) is 1.83. The van der Waals surface area contributed by atoms with Gasteiger partial charge in [0.15, 0.2) is 0 Å². The number of anilines is 1. The molecule has 2 heteroatoms. The van der Waals surface area contributed by atoms with Gasteiger partial charge in [0.05, 0.1) is 10.7 Å². The first-order chi connectivity index (χ1) is 8.36. The topological polar surface area (TPSA) is 3.24 Å². The van der Waals surface area contributed by atoms with Crippen molar-refractivity contribution in [3.05, 3.63) is 60.2 Å². The quantitative estimate of drug-likeness (QED) is 0.720. The third kappa shape index (κ3) is 2.64. The number of allylic oxidation sites excluding steroid dienone is 4. The minimum atomic E-state index is 1.05. The van der Waals surface area contributed by atoms with Crippen molar-refractivity contribution in [2.24, 2.45) is 0 Å². The summed E-state index contributed by atoms with van der Waals surface area (Å²) in [6.45, 7) is 8.58. The molecule has 1 aromatic carbocycles. The van der Waals surface area contributed by atoms with Crippen molar-refractivity contribution >= 4 is 17.4 Å². The molecular weight excluding hydrogens is 226 g/mol. The van der Waals surface area contributed by atoms with Crippen LogP contribution in [-0.2, 0) is 0 Å². The number of thioether (sulfide) groups is 1. The molecular formula is C15H16NS. The third-order valence-corrected chi connectivity index (χ3v) is 3.68. The van der Waals surface area contributed by atoms with E-state index in [1.165, 1.54) is 15.6 Å². The summed E-state index contributed by atoms with van der Waals surface area (Å²) >= 11 is 1.82. The maximum atomic E-state index is 5.33. The molecule has 1 heterocycles. The number of fused-ring (bicyclic) bond motifs is 1. The van der Waals surface area contributed by atoms with Crippen LogP contribution in [0.15, 0.2) is 58.5 Å². The summed E-state index contributed by atoms with van der Waals surface area (Å²) < 4.78 is 0. The molecule has 0 aromatic heterocycles. The second-order valence-electron chi connectivity index (χ2n) is 3.80. The largest absolute Gasteiger partial charge is 0.335 e. The van der Waals surface area contributed by atoms with Crippen molar-refractivity contribution in [3.63, 3.8) is 0 Å². The molecule has 1 aliphatic rings. The molecule has 0 bridgehead atoms. The third-order valence-electron chi connectivity index (χ3n) is 2.54. The van der Waals surface area contributed by atoms with E-state index < -0.39 is 0 Å². The Kier molecular flexibility index (Phi) is 4.10. The van der Waals surface area contributed by atoms with Gasteiger partial charge in [0.2, 0.25) is 0 Å². The Morgan fingerprint density at radius 1 is 1.29 bits per heavy atom. The van der Waals surface area contributed by atoms with Crippen LogP contribution < -0.4 is 4.90 Å². The molecule has 1 aromatic rings. The molecule has 0 saturated heterocycles. The zero-order valence-corrected chi connectivity index (χ0v) is 10.8. The Balaban J connectivity index is 2.29. The summed E-state index contributed by atoms with van der Waals surface area (Å²) in [5.41, 5.74) is 1.32. The molecule has 2 rings (SSSR count). The van der Waals surface area contributed by atoms with Crippen molar-refractivity contribution < 1.29 is 0 Å². The minimum absolute atomic E-state index is 1.05. The van der Waals surface area contributed by atoms with Crippen LogP contribution in [0.2, 0.25) is 0 Å². The predicted octanol–water partition coefficient (Wildman–Crippen LogP) is 4.40. The lowest BCUT2D eigenvalue weighted by Crippen LogP contribution is -2.18. The molecule has 1 nitrogen and oxygen atoms in total. The van der Waals surface area contributed by atoms with Gasteiger partial charge in [0.1, 0.15) is 0 Å². The first-order valence-electron chi connectivity index (χ1n) is 5.83. The molecule has 0 saturated carbocycles. The fraction of sp³-hybridized carbons (Fsp3) is 0.200. The van der Waals surface area contributed by atoms with Gasteiger partial charge in [-0.15, -0.1) is 0 Å². The van der Waals surface area contributed by atoms with Gasteiger partial charge >= 0.3 is 0 Å². The summed E-state index contributed by atoms with van der Waals surface area (Å²) in [5, 5.41) is 1.27. The lowest BCUT2D eigenvalue weighted by Gasteiger charge is -2.19. The zero-order chi connectivity index (χ0) is 12.1. The van der Waals surface area contributed by atoms with Crippen LogP contribution in [0.5, 0.6) is 0 Å². The van der Waals surface area contributed by atoms with Gasteiger partial charge in [0, 0.05) is 11.4 Å². The number of benzene rings is 1. The van der Waals surface area contributed by atoms with E-state index in [2.05, 4.69) is 42.2 Å². The van der Waals surface area contributed by atoms with Gasteiger partial charge in [0.25, 0.3) is 0 Å². The Bertz CT molecular complexity index is 460. The number of hydrogen-bond donors (Lipinski definition) is 0. The highest BCUT2D eigenvalue weighted by Gasteiger charge is 2.22. The van der Waals surface area contributed by atoms with E-state index >= 15 is 0 Å². The Morgan fingerprint density at radius 3 is 2.88 bits per heavy atom. The van der Waals surface area contributed by atoms with Gasteiger partial charge in [-0.25, -0.2) is 0 Å². The Morgan fingerprint density at radius 2 is 2.12 bits per heavy atom. The van der Waals surface area contributed by atoms with Gasteiger partial charge in [-0.2, -0.15) is 0 Å². The molecule has 0 unspecified atom stereocenters. The zero-order valence-electron chi connectivity index (χ0n) is 9.97. The smallest absolute Gasteiger partial charge is 0.0801 e. The first-order valence-corrected chi connectivity index (χ1v) is 6.64. The van der Waals surface area contributed by atoms with Crippen molar-refractivity contribution in [2.75, 3.05) is 11.4 Å². The highest BCUT2D eigenvalue weighted by Crippen LogP contribution is 2.45. The molecule has 1 radical (unpaired) electrons. The van der Waals surface area contributed by atoms with Crippen LogP contribution in [-0.4, -0.2) is 6.54 Å². The van der Waals surface area contributed by atoms with E-state index in [0.717, 1.165) is 13.0 Å². The van der Waals surface area contributed by atoms with E-state index in [1.54, 1.807) is 6.08 Å².